The van der Waals surface area contributed by atoms with E-state index < -0.39 is 0 Å². The second-order valence-corrected chi connectivity index (χ2v) is 6.69. The van der Waals surface area contributed by atoms with Crippen LogP contribution in [0.4, 0.5) is 0 Å². The first-order valence-corrected chi connectivity index (χ1v) is 7.73. The van der Waals surface area contributed by atoms with E-state index in [2.05, 4.69) is 63.9 Å². The Morgan fingerprint density at radius 3 is 2.00 bits per heavy atom. The summed E-state index contributed by atoms with van der Waals surface area (Å²) in [5.41, 5.74) is 2.91. The summed E-state index contributed by atoms with van der Waals surface area (Å²) in [6.07, 6.45) is 3.86. The van der Waals surface area contributed by atoms with Gasteiger partial charge in [-0.05, 0) is 42.9 Å². The molecule has 108 valence electrons. The largest absolute Gasteiger partial charge is 0.302 e. The van der Waals surface area contributed by atoms with Crippen molar-refractivity contribution >= 4 is 0 Å². The molecule has 0 atom stereocenters. The van der Waals surface area contributed by atoms with Crippen molar-refractivity contribution < 1.29 is 0 Å². The zero-order valence-corrected chi connectivity index (χ0v) is 13.4. The normalized spacial score (nSPS) is 11.8. The van der Waals surface area contributed by atoms with E-state index >= 15 is 0 Å². The van der Waals surface area contributed by atoms with Gasteiger partial charge in [0.25, 0.3) is 0 Å². The van der Waals surface area contributed by atoms with Crippen LogP contribution in [0.1, 0.15) is 51.7 Å². The summed E-state index contributed by atoms with van der Waals surface area (Å²) < 4.78 is 0. The zero-order valence-electron chi connectivity index (χ0n) is 13.4. The molecular formula is C18H31N. The molecule has 0 heterocycles. The van der Waals surface area contributed by atoms with Gasteiger partial charge >= 0.3 is 0 Å². The van der Waals surface area contributed by atoms with Crippen LogP contribution in [-0.4, -0.2) is 18.5 Å². The van der Waals surface area contributed by atoms with Crippen molar-refractivity contribution in [2.45, 2.75) is 53.5 Å². The number of nitrogens with zero attached hydrogens (tertiary/aromatic N) is 1. The summed E-state index contributed by atoms with van der Waals surface area (Å²) in [4.78, 5) is 2.40. The van der Waals surface area contributed by atoms with Crippen LogP contribution in [0.2, 0.25) is 0 Å². The van der Waals surface area contributed by atoms with Crippen molar-refractivity contribution in [1.29, 1.82) is 0 Å². The molecule has 1 rings (SSSR count). The van der Waals surface area contributed by atoms with Gasteiger partial charge in [0.15, 0.2) is 0 Å². The quantitative estimate of drug-likeness (QED) is 0.652. The molecule has 19 heavy (non-hydrogen) atoms. The Morgan fingerprint density at radius 2 is 1.47 bits per heavy atom. The number of benzene rings is 1. The van der Waals surface area contributed by atoms with Crippen LogP contribution in [0.15, 0.2) is 24.3 Å². The smallest absolute Gasteiger partial charge is 0.0230 e. The third kappa shape index (κ3) is 7.37. The molecule has 0 spiro atoms. The van der Waals surface area contributed by atoms with E-state index in [1.165, 1.54) is 30.4 Å². The molecule has 0 aliphatic carbocycles. The Labute approximate surface area is 120 Å². The van der Waals surface area contributed by atoms with E-state index in [9.17, 15) is 0 Å². The van der Waals surface area contributed by atoms with E-state index in [1.54, 1.807) is 0 Å². The minimum absolute atomic E-state index is 0.736. The topological polar surface area (TPSA) is 3.24 Å². The molecule has 0 N–H and O–H groups in total. The second kappa shape index (κ2) is 8.37. The first-order valence-electron chi connectivity index (χ1n) is 7.73. The predicted octanol–water partition coefficient (Wildman–Crippen LogP) is 4.75. The molecule has 0 aromatic heterocycles. The molecule has 0 bridgehead atoms. The third-order valence-electron chi connectivity index (χ3n) is 3.40. The molecule has 0 aliphatic rings. The van der Waals surface area contributed by atoms with Gasteiger partial charge in [0, 0.05) is 13.1 Å². The molecule has 1 aromatic rings. The van der Waals surface area contributed by atoms with Crippen LogP contribution >= 0.6 is 0 Å². The highest BCUT2D eigenvalue weighted by Gasteiger charge is 2.03. The summed E-state index contributed by atoms with van der Waals surface area (Å²) in [5, 5.41) is 0. The fourth-order valence-corrected chi connectivity index (χ4v) is 2.53. The maximum atomic E-state index is 2.40. The Bertz CT molecular complexity index is 337. The summed E-state index contributed by atoms with van der Waals surface area (Å²) in [5.74, 6) is 1.56. The van der Waals surface area contributed by atoms with Gasteiger partial charge in [-0.2, -0.15) is 0 Å². The fourth-order valence-electron chi connectivity index (χ4n) is 2.53. The van der Waals surface area contributed by atoms with Crippen molar-refractivity contribution in [3.05, 3.63) is 35.4 Å². The van der Waals surface area contributed by atoms with E-state index in [0.29, 0.717) is 0 Å². The minimum Gasteiger partial charge on any atom is -0.302 e. The molecule has 1 heteroatoms. The monoisotopic (exact) mass is 261 g/mol. The van der Waals surface area contributed by atoms with Crippen molar-refractivity contribution in [3.8, 4) is 0 Å². The SMILES string of the molecule is CC(C)CCCc1ccc(CN(C)CC(C)C)cc1. The highest BCUT2D eigenvalue weighted by atomic mass is 15.1. The Hall–Kier alpha value is -0.820. The van der Waals surface area contributed by atoms with Gasteiger partial charge in [0.1, 0.15) is 0 Å². The second-order valence-electron chi connectivity index (χ2n) is 6.69. The van der Waals surface area contributed by atoms with Crippen molar-refractivity contribution in [1.82, 2.24) is 4.90 Å². The van der Waals surface area contributed by atoms with Crippen molar-refractivity contribution in [2.24, 2.45) is 11.8 Å². The summed E-state index contributed by atoms with van der Waals surface area (Å²) in [6, 6.07) is 9.20. The molecule has 0 amide bonds. The van der Waals surface area contributed by atoms with Crippen LogP contribution in [0.5, 0.6) is 0 Å². The molecule has 1 aromatic carbocycles. The highest BCUT2D eigenvalue weighted by molar-refractivity contribution is 5.22. The zero-order chi connectivity index (χ0) is 14.3. The highest BCUT2D eigenvalue weighted by Crippen LogP contribution is 2.12. The van der Waals surface area contributed by atoms with E-state index in [0.717, 1.165) is 24.9 Å². The Morgan fingerprint density at radius 1 is 0.895 bits per heavy atom. The van der Waals surface area contributed by atoms with Gasteiger partial charge in [-0.25, -0.2) is 0 Å². The Kier molecular flexibility index (Phi) is 7.15. The summed E-state index contributed by atoms with van der Waals surface area (Å²) >= 11 is 0. The van der Waals surface area contributed by atoms with Gasteiger partial charge in [-0.3, -0.25) is 0 Å². The standard InChI is InChI=1S/C18H31N/c1-15(2)7-6-8-17-9-11-18(12-10-17)14-19(5)13-16(3)4/h9-12,15-16H,6-8,13-14H2,1-5H3. The molecule has 0 fully saturated rings. The van der Waals surface area contributed by atoms with Crippen LogP contribution < -0.4 is 0 Å². The first-order chi connectivity index (χ1) is 8.97. The van der Waals surface area contributed by atoms with Crippen LogP contribution in [0.25, 0.3) is 0 Å². The van der Waals surface area contributed by atoms with Crippen molar-refractivity contribution in [3.63, 3.8) is 0 Å². The fraction of sp³-hybridized carbons (Fsp3) is 0.667. The lowest BCUT2D eigenvalue weighted by molar-refractivity contribution is 0.288. The predicted molar refractivity (Wildman–Crippen MR) is 85.4 cm³/mol. The van der Waals surface area contributed by atoms with Crippen molar-refractivity contribution in [2.75, 3.05) is 13.6 Å². The lowest BCUT2D eigenvalue weighted by atomic mass is 10.0. The lowest BCUT2D eigenvalue weighted by Crippen LogP contribution is -2.22. The summed E-state index contributed by atoms with van der Waals surface area (Å²) in [6.45, 7) is 11.4. The maximum Gasteiger partial charge on any atom is 0.0230 e. The first kappa shape index (κ1) is 16.2. The average Bonchev–Trinajstić information content (AvgIpc) is 2.29. The number of aryl methyl sites for hydroxylation is 1. The number of hydrogen-bond donors (Lipinski definition) is 0. The van der Waals surface area contributed by atoms with Gasteiger partial charge in [-0.15, -0.1) is 0 Å². The molecule has 1 nitrogen and oxygen atoms in total. The van der Waals surface area contributed by atoms with Crippen LogP contribution in [0, 0.1) is 11.8 Å². The third-order valence-corrected chi connectivity index (χ3v) is 3.40. The molecular weight excluding hydrogens is 230 g/mol. The van der Waals surface area contributed by atoms with Gasteiger partial charge in [-0.1, -0.05) is 58.4 Å². The number of rotatable bonds is 8. The average molecular weight is 261 g/mol. The molecule has 0 unspecified atom stereocenters. The van der Waals surface area contributed by atoms with Crippen LogP contribution in [-0.2, 0) is 13.0 Å². The Balaban J connectivity index is 2.38. The summed E-state index contributed by atoms with van der Waals surface area (Å²) in [7, 11) is 2.20. The van der Waals surface area contributed by atoms with E-state index in [4.69, 9.17) is 0 Å². The van der Waals surface area contributed by atoms with Gasteiger partial charge in [0.05, 0.1) is 0 Å². The van der Waals surface area contributed by atoms with E-state index in [1.807, 2.05) is 0 Å². The number of hydrogen-bond acceptors (Lipinski definition) is 1. The maximum absolute atomic E-state index is 2.40. The van der Waals surface area contributed by atoms with Crippen LogP contribution in [0.3, 0.4) is 0 Å². The minimum atomic E-state index is 0.736. The molecule has 0 radical (unpaired) electrons. The van der Waals surface area contributed by atoms with Gasteiger partial charge in [0.2, 0.25) is 0 Å². The molecule has 0 aliphatic heterocycles. The van der Waals surface area contributed by atoms with Gasteiger partial charge < -0.3 is 4.90 Å². The molecule has 0 saturated heterocycles. The lowest BCUT2D eigenvalue weighted by Gasteiger charge is -2.19. The molecule has 0 saturated carbocycles. The van der Waals surface area contributed by atoms with E-state index in [-0.39, 0.29) is 0 Å².